The van der Waals surface area contributed by atoms with E-state index in [1.165, 1.54) is 17.7 Å². The van der Waals surface area contributed by atoms with Crippen molar-refractivity contribution in [3.8, 4) is 0 Å². The summed E-state index contributed by atoms with van der Waals surface area (Å²) in [7, 11) is 0. The van der Waals surface area contributed by atoms with Crippen molar-refractivity contribution in [2.75, 3.05) is 6.54 Å². The van der Waals surface area contributed by atoms with Gasteiger partial charge in [0, 0.05) is 24.1 Å². The quantitative estimate of drug-likeness (QED) is 0.794. The van der Waals surface area contributed by atoms with Crippen LogP contribution in [0.2, 0.25) is 0 Å². The Morgan fingerprint density at radius 3 is 2.61 bits per heavy atom. The number of carbonyl (C=O) groups is 1. The van der Waals surface area contributed by atoms with Crippen LogP contribution in [0.15, 0.2) is 54.6 Å². The van der Waals surface area contributed by atoms with Crippen molar-refractivity contribution in [2.45, 2.75) is 24.5 Å². The molecule has 3 rings (SSSR count). The molecule has 2 aromatic rings. The summed E-state index contributed by atoms with van der Waals surface area (Å²) in [6, 6.07) is 15.8. The summed E-state index contributed by atoms with van der Waals surface area (Å²) < 4.78 is 13.5. The Balaban J connectivity index is 1.45. The first kappa shape index (κ1) is 15.5. The summed E-state index contributed by atoms with van der Waals surface area (Å²) in [6.07, 6.45) is -0.154. The van der Waals surface area contributed by atoms with E-state index >= 15 is 0 Å². The minimum Gasteiger partial charge on any atom is -0.386 e. The van der Waals surface area contributed by atoms with Crippen LogP contribution in [0.5, 0.6) is 0 Å². The topological polar surface area (TPSA) is 61.4 Å². The average Bonchev–Trinajstić information content (AvgIpc) is 3.33. The number of hydrogen-bond acceptors (Lipinski definition) is 2. The average molecular weight is 314 g/mol. The Kier molecular flexibility index (Phi) is 4.57. The lowest BCUT2D eigenvalue weighted by atomic mass is 10.1. The lowest BCUT2D eigenvalue weighted by Crippen LogP contribution is -2.39. The van der Waals surface area contributed by atoms with Crippen molar-refractivity contribution < 1.29 is 14.3 Å². The van der Waals surface area contributed by atoms with Crippen LogP contribution >= 0.6 is 0 Å². The molecule has 0 aliphatic heterocycles. The van der Waals surface area contributed by atoms with Gasteiger partial charge in [0.2, 0.25) is 0 Å². The second kappa shape index (κ2) is 6.79. The largest absolute Gasteiger partial charge is 0.386 e. The summed E-state index contributed by atoms with van der Waals surface area (Å²) in [5.74, 6) is -0.132. The highest BCUT2D eigenvalue weighted by molar-refractivity contribution is 5.75. The molecule has 3 atom stereocenters. The van der Waals surface area contributed by atoms with E-state index in [-0.39, 0.29) is 24.2 Å². The van der Waals surface area contributed by atoms with Crippen molar-refractivity contribution in [1.29, 1.82) is 0 Å². The molecule has 1 aliphatic rings. The molecular formula is C18H19FN2O2. The van der Waals surface area contributed by atoms with Crippen molar-refractivity contribution in [1.82, 2.24) is 10.6 Å². The van der Waals surface area contributed by atoms with E-state index in [0.717, 1.165) is 6.42 Å². The molecule has 0 radical (unpaired) electrons. The summed E-state index contributed by atoms with van der Waals surface area (Å²) in [5.41, 5.74) is 1.39. The number of rotatable bonds is 5. The first-order valence-electron chi connectivity index (χ1n) is 7.67. The fourth-order valence-corrected chi connectivity index (χ4v) is 2.69. The first-order chi connectivity index (χ1) is 11.1. The molecule has 2 aromatic carbocycles. The Labute approximate surface area is 134 Å². The molecule has 0 aromatic heterocycles. The van der Waals surface area contributed by atoms with Gasteiger partial charge in [-0.2, -0.15) is 0 Å². The van der Waals surface area contributed by atoms with Crippen LogP contribution in [0.4, 0.5) is 9.18 Å². The number of hydrogen-bond donors (Lipinski definition) is 3. The zero-order valence-corrected chi connectivity index (χ0v) is 12.6. The number of benzene rings is 2. The SMILES string of the molecule is O=C(NCC(O)c1ccccc1F)NC1CC1c1ccccc1. The van der Waals surface area contributed by atoms with Crippen LogP contribution in [0, 0.1) is 5.82 Å². The van der Waals surface area contributed by atoms with Crippen LogP contribution in [-0.2, 0) is 0 Å². The zero-order valence-electron chi connectivity index (χ0n) is 12.6. The number of aliphatic hydroxyl groups is 1. The lowest BCUT2D eigenvalue weighted by molar-refractivity contribution is 0.169. The maximum atomic E-state index is 13.5. The number of urea groups is 1. The Morgan fingerprint density at radius 2 is 1.87 bits per heavy atom. The molecule has 1 aliphatic carbocycles. The normalized spacial score (nSPS) is 20.6. The van der Waals surface area contributed by atoms with Gasteiger partial charge in [0.05, 0.1) is 6.10 Å². The number of halogens is 1. The molecule has 120 valence electrons. The van der Waals surface area contributed by atoms with Gasteiger partial charge in [-0.05, 0) is 18.1 Å². The fraction of sp³-hybridized carbons (Fsp3) is 0.278. The molecule has 0 spiro atoms. The second-order valence-electron chi connectivity index (χ2n) is 5.75. The van der Waals surface area contributed by atoms with Crippen molar-refractivity contribution in [2.24, 2.45) is 0 Å². The van der Waals surface area contributed by atoms with Crippen LogP contribution in [0.3, 0.4) is 0 Å². The van der Waals surface area contributed by atoms with Crippen molar-refractivity contribution in [3.05, 3.63) is 71.5 Å². The van der Waals surface area contributed by atoms with Gasteiger partial charge in [0.15, 0.2) is 0 Å². The number of nitrogens with one attached hydrogen (secondary N) is 2. The maximum absolute atomic E-state index is 13.5. The van der Waals surface area contributed by atoms with Gasteiger partial charge in [-0.15, -0.1) is 0 Å². The summed E-state index contributed by atoms with van der Waals surface area (Å²) >= 11 is 0. The van der Waals surface area contributed by atoms with Crippen molar-refractivity contribution in [3.63, 3.8) is 0 Å². The molecule has 4 nitrogen and oxygen atoms in total. The molecule has 3 N–H and O–H groups in total. The molecule has 1 fully saturated rings. The molecule has 0 bridgehead atoms. The van der Waals surface area contributed by atoms with E-state index in [0.29, 0.717) is 5.92 Å². The molecular weight excluding hydrogens is 295 g/mol. The standard InChI is InChI=1S/C18H19FN2O2/c19-15-9-5-4-8-13(15)17(22)11-20-18(23)21-16-10-14(16)12-6-2-1-3-7-12/h1-9,14,16-17,22H,10-11H2,(H2,20,21,23). The van der Waals surface area contributed by atoms with Gasteiger partial charge in [-0.1, -0.05) is 48.5 Å². The highest BCUT2D eigenvalue weighted by Crippen LogP contribution is 2.40. The maximum Gasteiger partial charge on any atom is 0.315 e. The smallest absolute Gasteiger partial charge is 0.315 e. The first-order valence-corrected chi connectivity index (χ1v) is 7.67. The molecule has 2 amide bonds. The van der Waals surface area contributed by atoms with Gasteiger partial charge in [0.1, 0.15) is 5.82 Å². The van der Waals surface area contributed by atoms with E-state index in [4.69, 9.17) is 0 Å². The predicted octanol–water partition coefficient (Wildman–Crippen LogP) is 2.71. The van der Waals surface area contributed by atoms with Crippen LogP contribution in [-0.4, -0.2) is 23.7 Å². The number of amides is 2. The number of aliphatic hydroxyl groups excluding tert-OH is 1. The van der Waals surface area contributed by atoms with E-state index in [1.807, 2.05) is 30.3 Å². The Bertz CT molecular complexity index is 678. The van der Waals surface area contributed by atoms with Gasteiger partial charge >= 0.3 is 6.03 Å². The summed E-state index contributed by atoms with van der Waals surface area (Å²) in [6.45, 7) is -0.0323. The lowest BCUT2D eigenvalue weighted by Gasteiger charge is -2.13. The van der Waals surface area contributed by atoms with Gasteiger partial charge in [0.25, 0.3) is 0 Å². The highest BCUT2D eigenvalue weighted by atomic mass is 19.1. The zero-order chi connectivity index (χ0) is 16.2. The third-order valence-electron chi connectivity index (χ3n) is 4.05. The van der Waals surface area contributed by atoms with Gasteiger partial charge < -0.3 is 15.7 Å². The third-order valence-corrected chi connectivity index (χ3v) is 4.05. The van der Waals surface area contributed by atoms with E-state index < -0.39 is 11.9 Å². The van der Waals surface area contributed by atoms with E-state index in [9.17, 15) is 14.3 Å². The summed E-state index contributed by atoms with van der Waals surface area (Å²) in [4.78, 5) is 11.9. The Hall–Kier alpha value is -2.40. The fourth-order valence-electron chi connectivity index (χ4n) is 2.69. The molecule has 1 saturated carbocycles. The molecule has 3 unspecified atom stereocenters. The van der Waals surface area contributed by atoms with E-state index in [2.05, 4.69) is 10.6 Å². The minimum atomic E-state index is -1.06. The highest BCUT2D eigenvalue weighted by Gasteiger charge is 2.39. The van der Waals surface area contributed by atoms with E-state index in [1.54, 1.807) is 12.1 Å². The second-order valence-corrected chi connectivity index (χ2v) is 5.75. The van der Waals surface area contributed by atoms with Crippen LogP contribution in [0.1, 0.15) is 29.6 Å². The van der Waals surface area contributed by atoms with Crippen LogP contribution < -0.4 is 10.6 Å². The number of carbonyl (C=O) groups excluding carboxylic acids is 1. The monoisotopic (exact) mass is 314 g/mol. The van der Waals surface area contributed by atoms with Gasteiger partial charge in [-0.3, -0.25) is 0 Å². The van der Waals surface area contributed by atoms with Crippen LogP contribution in [0.25, 0.3) is 0 Å². The Morgan fingerprint density at radius 1 is 1.17 bits per heavy atom. The summed E-state index contributed by atoms with van der Waals surface area (Å²) in [5, 5.41) is 15.4. The molecule has 23 heavy (non-hydrogen) atoms. The van der Waals surface area contributed by atoms with Gasteiger partial charge in [-0.25, -0.2) is 9.18 Å². The van der Waals surface area contributed by atoms with Crippen molar-refractivity contribution >= 4 is 6.03 Å². The third kappa shape index (κ3) is 3.87. The molecule has 0 saturated heterocycles. The molecule has 0 heterocycles. The molecule has 5 heteroatoms. The predicted molar refractivity (Wildman–Crippen MR) is 85.5 cm³/mol. The minimum absolute atomic E-state index is 0.0323.